The third kappa shape index (κ3) is 5.84. The Balaban J connectivity index is 1.47. The minimum absolute atomic E-state index is 0.00380. The van der Waals surface area contributed by atoms with E-state index in [1.165, 1.54) is 0 Å². The molecule has 33 heavy (non-hydrogen) atoms. The van der Waals surface area contributed by atoms with E-state index in [0.717, 1.165) is 39.3 Å². The summed E-state index contributed by atoms with van der Waals surface area (Å²) in [6.07, 6.45) is 0.897. The minimum atomic E-state index is -0.117. The van der Waals surface area contributed by atoms with Crippen molar-refractivity contribution in [3.63, 3.8) is 0 Å². The molecule has 4 rings (SSSR count). The number of nitrogens with one attached hydrogen (secondary N) is 2. The number of thiazole rings is 1. The zero-order chi connectivity index (χ0) is 23.2. The number of fused-ring (bicyclic) bond motifs is 1. The second-order valence-electron chi connectivity index (χ2n) is 7.80. The van der Waals surface area contributed by atoms with E-state index in [1.807, 2.05) is 61.8 Å². The van der Waals surface area contributed by atoms with Crippen molar-refractivity contribution in [2.75, 3.05) is 18.5 Å². The van der Waals surface area contributed by atoms with E-state index in [1.54, 1.807) is 11.3 Å². The number of benzene rings is 2. The van der Waals surface area contributed by atoms with Gasteiger partial charge < -0.3 is 15.4 Å². The third-order valence-corrected chi connectivity index (χ3v) is 5.92. The van der Waals surface area contributed by atoms with E-state index in [2.05, 4.69) is 38.6 Å². The predicted molar refractivity (Wildman–Crippen MR) is 133 cm³/mol. The van der Waals surface area contributed by atoms with Crippen LogP contribution in [-0.2, 0) is 4.79 Å². The van der Waals surface area contributed by atoms with E-state index >= 15 is 0 Å². The molecular formula is C25H27N5O2S. The van der Waals surface area contributed by atoms with Crippen LogP contribution in [0, 0.1) is 6.92 Å². The van der Waals surface area contributed by atoms with Gasteiger partial charge in [-0.3, -0.25) is 4.79 Å². The summed E-state index contributed by atoms with van der Waals surface area (Å²) < 4.78 is 6.79. The van der Waals surface area contributed by atoms with Crippen LogP contribution in [0.5, 0.6) is 5.75 Å². The van der Waals surface area contributed by atoms with Gasteiger partial charge in [0.2, 0.25) is 0 Å². The number of aryl methyl sites for hydroxylation is 1. The van der Waals surface area contributed by atoms with Crippen molar-refractivity contribution >= 4 is 33.3 Å². The fourth-order valence-electron chi connectivity index (χ4n) is 3.45. The zero-order valence-corrected chi connectivity index (χ0v) is 19.8. The summed E-state index contributed by atoms with van der Waals surface area (Å²) in [6.45, 7) is 6.63. The zero-order valence-electron chi connectivity index (χ0n) is 19.0. The summed E-state index contributed by atoms with van der Waals surface area (Å²) in [4.78, 5) is 25.4. The van der Waals surface area contributed by atoms with Crippen LogP contribution in [0.25, 0.3) is 21.5 Å². The summed E-state index contributed by atoms with van der Waals surface area (Å²) >= 11 is 1.62. The lowest BCUT2D eigenvalue weighted by atomic mass is 10.1. The first-order valence-corrected chi connectivity index (χ1v) is 11.8. The molecule has 0 spiro atoms. The monoisotopic (exact) mass is 461 g/mol. The average Bonchev–Trinajstić information content (AvgIpc) is 3.29. The van der Waals surface area contributed by atoms with Gasteiger partial charge in [0.15, 0.2) is 6.61 Å². The lowest BCUT2D eigenvalue weighted by Gasteiger charge is -2.17. The van der Waals surface area contributed by atoms with E-state index in [-0.39, 0.29) is 18.6 Å². The highest BCUT2D eigenvalue weighted by atomic mass is 32.1. The maximum absolute atomic E-state index is 11.8. The van der Waals surface area contributed by atoms with Crippen LogP contribution < -0.4 is 15.4 Å². The van der Waals surface area contributed by atoms with Crippen molar-refractivity contribution in [3.8, 4) is 17.0 Å². The van der Waals surface area contributed by atoms with Gasteiger partial charge in [-0.05, 0) is 50.1 Å². The Hall–Kier alpha value is -3.52. The van der Waals surface area contributed by atoms with Crippen LogP contribution in [-0.4, -0.2) is 34.0 Å². The number of hydrogen-bond acceptors (Lipinski definition) is 7. The van der Waals surface area contributed by atoms with Crippen molar-refractivity contribution in [1.82, 2.24) is 20.3 Å². The van der Waals surface area contributed by atoms with Gasteiger partial charge in [-0.15, -0.1) is 11.3 Å². The number of aromatic nitrogens is 3. The Morgan fingerprint density at radius 3 is 2.88 bits per heavy atom. The molecule has 7 nitrogen and oxygen atoms in total. The molecule has 0 fully saturated rings. The Kier molecular flexibility index (Phi) is 7.14. The number of rotatable bonds is 9. The molecule has 2 aromatic carbocycles. The molecule has 8 heteroatoms. The van der Waals surface area contributed by atoms with Gasteiger partial charge in [0, 0.05) is 18.2 Å². The number of hydrogen-bond donors (Lipinski definition) is 2. The maximum atomic E-state index is 11.8. The van der Waals surface area contributed by atoms with Gasteiger partial charge in [0.1, 0.15) is 17.4 Å². The Labute approximate surface area is 197 Å². The SMILES string of the molecule is CCCNC(=O)COc1cccc(C(C)Nc2cc(-c3ccc4ncsc4c3)nc(C)n2)c1. The summed E-state index contributed by atoms with van der Waals surface area (Å²) in [7, 11) is 0. The first-order chi connectivity index (χ1) is 16.0. The van der Waals surface area contributed by atoms with Crippen molar-refractivity contribution < 1.29 is 9.53 Å². The molecule has 0 saturated heterocycles. The number of carbonyl (C=O) groups excluding carboxylic acids is 1. The molecule has 2 heterocycles. The molecule has 1 unspecified atom stereocenters. The molecule has 1 atom stereocenters. The molecule has 1 amide bonds. The van der Waals surface area contributed by atoms with Crippen molar-refractivity contribution in [1.29, 1.82) is 0 Å². The van der Waals surface area contributed by atoms with Crippen LogP contribution in [0.15, 0.2) is 54.0 Å². The van der Waals surface area contributed by atoms with Crippen molar-refractivity contribution in [2.45, 2.75) is 33.2 Å². The topological polar surface area (TPSA) is 89.0 Å². The standard InChI is InChI=1S/C25H27N5O2S/c1-4-10-26-25(31)14-32-20-7-5-6-18(11-20)16(2)28-24-13-22(29-17(3)30-24)19-8-9-21-23(12-19)33-15-27-21/h5-9,11-13,15-16H,4,10,14H2,1-3H3,(H,26,31)(H,28,29,30). The van der Waals surface area contributed by atoms with Crippen LogP contribution in [0.4, 0.5) is 5.82 Å². The van der Waals surface area contributed by atoms with Crippen LogP contribution in [0.3, 0.4) is 0 Å². The van der Waals surface area contributed by atoms with E-state index in [0.29, 0.717) is 18.1 Å². The minimum Gasteiger partial charge on any atom is -0.484 e. The molecule has 2 N–H and O–H groups in total. The number of ether oxygens (including phenoxy) is 1. The Morgan fingerprint density at radius 1 is 1.15 bits per heavy atom. The van der Waals surface area contributed by atoms with Gasteiger partial charge in [-0.1, -0.05) is 25.1 Å². The fraction of sp³-hybridized carbons (Fsp3) is 0.280. The number of amides is 1. The predicted octanol–water partition coefficient (Wildman–Crippen LogP) is 5.14. The fourth-order valence-corrected chi connectivity index (χ4v) is 4.16. The molecule has 0 aliphatic heterocycles. The molecule has 2 aromatic heterocycles. The average molecular weight is 462 g/mol. The molecule has 170 valence electrons. The van der Waals surface area contributed by atoms with Gasteiger partial charge in [0.25, 0.3) is 5.91 Å². The summed E-state index contributed by atoms with van der Waals surface area (Å²) in [5, 5.41) is 6.28. The van der Waals surface area contributed by atoms with Crippen LogP contribution >= 0.6 is 11.3 Å². The van der Waals surface area contributed by atoms with Gasteiger partial charge in [-0.2, -0.15) is 0 Å². The lowest BCUT2D eigenvalue weighted by molar-refractivity contribution is -0.123. The molecule has 0 saturated carbocycles. The summed E-state index contributed by atoms with van der Waals surface area (Å²) in [5.41, 5.74) is 5.77. The molecule has 0 radical (unpaired) electrons. The smallest absolute Gasteiger partial charge is 0.257 e. The highest BCUT2D eigenvalue weighted by Gasteiger charge is 2.11. The molecular weight excluding hydrogens is 434 g/mol. The number of carbonyl (C=O) groups is 1. The van der Waals surface area contributed by atoms with Crippen LogP contribution in [0.1, 0.15) is 37.7 Å². The van der Waals surface area contributed by atoms with E-state index in [4.69, 9.17) is 4.74 Å². The first kappa shape index (κ1) is 22.7. The normalized spacial score (nSPS) is 11.8. The van der Waals surface area contributed by atoms with Crippen molar-refractivity contribution in [2.24, 2.45) is 0 Å². The molecule has 4 aromatic rings. The van der Waals surface area contributed by atoms with Gasteiger partial charge in [-0.25, -0.2) is 15.0 Å². The largest absolute Gasteiger partial charge is 0.484 e. The Bertz CT molecular complexity index is 1260. The molecule has 0 aliphatic carbocycles. The van der Waals surface area contributed by atoms with Gasteiger partial charge in [0.05, 0.1) is 27.5 Å². The van der Waals surface area contributed by atoms with E-state index < -0.39 is 0 Å². The first-order valence-electron chi connectivity index (χ1n) is 11.0. The second kappa shape index (κ2) is 10.4. The molecule has 0 aliphatic rings. The van der Waals surface area contributed by atoms with Crippen LogP contribution in [0.2, 0.25) is 0 Å². The quantitative estimate of drug-likeness (QED) is 0.359. The Morgan fingerprint density at radius 2 is 2.03 bits per heavy atom. The van der Waals surface area contributed by atoms with E-state index in [9.17, 15) is 4.79 Å². The molecule has 0 bridgehead atoms. The number of anilines is 1. The number of nitrogens with zero attached hydrogens (tertiary/aromatic N) is 3. The summed E-state index contributed by atoms with van der Waals surface area (Å²) in [5.74, 6) is 1.99. The lowest BCUT2D eigenvalue weighted by Crippen LogP contribution is -2.29. The highest BCUT2D eigenvalue weighted by Crippen LogP contribution is 2.28. The van der Waals surface area contributed by atoms with Gasteiger partial charge >= 0.3 is 0 Å². The summed E-state index contributed by atoms with van der Waals surface area (Å²) in [6, 6.07) is 15.8. The second-order valence-corrected chi connectivity index (χ2v) is 8.68. The third-order valence-electron chi connectivity index (χ3n) is 5.13. The highest BCUT2D eigenvalue weighted by molar-refractivity contribution is 7.16. The maximum Gasteiger partial charge on any atom is 0.257 e. The van der Waals surface area contributed by atoms with Crippen molar-refractivity contribution in [3.05, 3.63) is 65.4 Å².